The minimum Gasteiger partial charge on any atom is -0.861 e. The molecule has 3 aromatic rings. The Kier molecular flexibility index (Phi) is 11.7. The Bertz CT molecular complexity index is 1370. The van der Waals surface area contributed by atoms with Gasteiger partial charge in [-0.1, -0.05) is 78.9 Å². The number of alkyl halides is 1. The van der Waals surface area contributed by atoms with Crippen LogP contribution in [0.2, 0.25) is 0 Å². The summed E-state index contributed by atoms with van der Waals surface area (Å²) in [6, 6.07) is 23.3. The maximum atomic E-state index is 14.4. The summed E-state index contributed by atoms with van der Waals surface area (Å²) in [6.45, 7) is 1.40. The molecule has 4 rings (SSSR count). The van der Waals surface area contributed by atoms with E-state index in [0.717, 1.165) is 25.6 Å². The van der Waals surface area contributed by atoms with Gasteiger partial charge in [-0.3, -0.25) is 14.9 Å². The van der Waals surface area contributed by atoms with E-state index in [-0.39, 0.29) is 28.1 Å². The van der Waals surface area contributed by atoms with Gasteiger partial charge >= 0.3 is 22.5 Å². The molecule has 3 atom stereocenters. The van der Waals surface area contributed by atoms with Gasteiger partial charge in [0.2, 0.25) is 0 Å². The number of halogens is 1. The van der Waals surface area contributed by atoms with Crippen LogP contribution in [-0.4, -0.2) is 60.4 Å². The normalized spacial score (nSPS) is 17.4. The van der Waals surface area contributed by atoms with Crippen molar-refractivity contribution < 1.29 is 45.4 Å². The number of ether oxygens (including phenoxy) is 1. The Morgan fingerprint density at radius 3 is 2.29 bits per heavy atom. The molecule has 3 aromatic carbocycles. The van der Waals surface area contributed by atoms with E-state index >= 15 is 0 Å². The average molecular weight is 601 g/mol. The molecule has 10 heteroatoms. The van der Waals surface area contributed by atoms with Crippen molar-refractivity contribution in [1.82, 2.24) is 4.90 Å². The smallest absolute Gasteiger partial charge is 0.861 e. The molecule has 41 heavy (non-hydrogen) atoms. The van der Waals surface area contributed by atoms with Crippen molar-refractivity contribution in [2.24, 2.45) is 9.98 Å². The number of aliphatic imine (C=N–C) groups is 2. The first-order valence-corrected chi connectivity index (χ1v) is 13.1. The van der Waals surface area contributed by atoms with E-state index in [0.29, 0.717) is 29.8 Å². The SMILES string of the molecule is COC(=O)C([18F])C[C@H](N=C(c1ccccc1)c1ccccc1N=C([O-])[C@@H]1CCCN1Cc1ccccc1)C(=O)[O-].[Ni+2]. The molecular weight excluding hydrogens is 571 g/mol. The zero-order valence-electron chi connectivity index (χ0n) is 22.4. The van der Waals surface area contributed by atoms with Crippen LogP contribution in [0.5, 0.6) is 0 Å². The first-order chi connectivity index (χ1) is 19.4. The van der Waals surface area contributed by atoms with Crippen LogP contribution >= 0.6 is 0 Å². The van der Waals surface area contributed by atoms with E-state index < -0.39 is 36.6 Å². The summed E-state index contributed by atoms with van der Waals surface area (Å²) in [4.78, 5) is 34.5. The molecule has 216 valence electrons. The molecule has 1 unspecified atom stereocenters. The number of hydrogen-bond donors (Lipinski definition) is 0. The van der Waals surface area contributed by atoms with Crippen molar-refractivity contribution in [2.75, 3.05) is 13.7 Å². The number of carbonyl (C=O) groups is 2. The number of hydrogen-bond acceptors (Lipinski definition) is 8. The van der Waals surface area contributed by atoms with Gasteiger partial charge in [-0.15, -0.1) is 0 Å². The van der Waals surface area contributed by atoms with Crippen molar-refractivity contribution >= 4 is 29.2 Å². The van der Waals surface area contributed by atoms with Crippen LogP contribution in [-0.2, 0) is 37.4 Å². The van der Waals surface area contributed by atoms with Crippen LogP contribution in [0.4, 0.5) is 10.1 Å². The van der Waals surface area contributed by atoms with Crippen LogP contribution < -0.4 is 10.2 Å². The topological polar surface area (TPSA) is 117 Å². The van der Waals surface area contributed by atoms with Gasteiger partial charge in [-0.2, -0.15) is 0 Å². The summed E-state index contributed by atoms with van der Waals surface area (Å²) < 4.78 is 18.8. The average Bonchev–Trinajstić information content (AvgIpc) is 3.44. The maximum Gasteiger partial charge on any atom is 2.00 e. The number of carboxylic acid groups (broad SMARTS) is 1. The summed E-state index contributed by atoms with van der Waals surface area (Å²) in [6.07, 6.45) is -1.42. The number of likely N-dealkylation sites (tertiary alicyclic amines) is 1. The van der Waals surface area contributed by atoms with Gasteiger partial charge in [0.05, 0.1) is 30.5 Å². The fourth-order valence-corrected chi connectivity index (χ4v) is 4.75. The standard InChI is InChI=1S/C31H32FN3O5.Ni/c1-40-31(39)24(32)19-26(30(37)38)33-28(22-13-6-3-7-14-22)23-15-8-9-16-25(23)34-29(36)27-17-10-18-35(27)20-21-11-4-2-5-12-21;/h2-9,11-16,24,26-27H,10,17-20H2,1H3,(H,34,36)(H,37,38);/q;+2/p-2/t24?,26-,27-;/m0./s1/i32-1;. The molecule has 1 aliphatic heterocycles. The molecule has 1 heterocycles. The largest absolute Gasteiger partial charge is 2.00 e. The number of esters is 1. The van der Waals surface area contributed by atoms with Crippen molar-refractivity contribution in [3.8, 4) is 0 Å². The third kappa shape index (κ3) is 8.32. The third-order valence-electron chi connectivity index (χ3n) is 6.76. The van der Waals surface area contributed by atoms with Crippen molar-refractivity contribution in [3.05, 3.63) is 102 Å². The Hall–Kier alpha value is -3.88. The molecule has 0 saturated carbocycles. The van der Waals surface area contributed by atoms with Gasteiger partial charge in [-0.25, -0.2) is 9.18 Å². The van der Waals surface area contributed by atoms with Crippen molar-refractivity contribution in [2.45, 2.75) is 44.1 Å². The first-order valence-electron chi connectivity index (χ1n) is 13.1. The predicted octanol–water partition coefficient (Wildman–Crippen LogP) is 2.60. The number of para-hydroxylation sites is 1. The number of carboxylic acids is 1. The molecule has 0 bridgehead atoms. The van der Waals surface area contributed by atoms with E-state index in [4.69, 9.17) is 0 Å². The maximum absolute atomic E-state index is 14.4. The Morgan fingerprint density at radius 1 is 1.00 bits per heavy atom. The fourth-order valence-electron chi connectivity index (χ4n) is 4.75. The second kappa shape index (κ2) is 15.2. The molecule has 0 aliphatic carbocycles. The molecule has 1 aliphatic rings. The summed E-state index contributed by atoms with van der Waals surface area (Å²) in [7, 11) is 1.02. The number of carbonyl (C=O) groups excluding carboxylic acids is 2. The molecular formula is C31H30FN3NiO5. The Balaban J connectivity index is 0.00000462. The number of aliphatic carboxylic acids is 1. The molecule has 0 amide bonds. The summed E-state index contributed by atoms with van der Waals surface area (Å²) in [5.74, 6) is -3.15. The molecule has 8 nitrogen and oxygen atoms in total. The molecule has 0 spiro atoms. The Labute approximate surface area is 248 Å². The number of rotatable bonds is 11. The van der Waals surface area contributed by atoms with E-state index in [1.165, 1.54) is 0 Å². The van der Waals surface area contributed by atoms with Crippen molar-refractivity contribution in [1.29, 1.82) is 0 Å². The summed E-state index contributed by atoms with van der Waals surface area (Å²) in [5, 5.41) is 25.4. The van der Waals surface area contributed by atoms with Crippen LogP contribution in [0.3, 0.4) is 0 Å². The van der Waals surface area contributed by atoms with Gasteiger partial charge in [-0.05, 0) is 36.9 Å². The van der Waals surface area contributed by atoms with E-state index in [1.807, 2.05) is 30.3 Å². The molecule has 1 saturated heterocycles. The third-order valence-corrected chi connectivity index (χ3v) is 6.76. The van der Waals surface area contributed by atoms with Gasteiger partial charge < -0.3 is 19.7 Å². The first kappa shape index (κ1) is 31.6. The zero-order valence-corrected chi connectivity index (χ0v) is 23.4. The monoisotopic (exact) mass is 600 g/mol. The second-order valence-corrected chi connectivity index (χ2v) is 9.49. The van der Waals surface area contributed by atoms with Crippen LogP contribution in [0.25, 0.3) is 0 Å². The van der Waals surface area contributed by atoms with Crippen LogP contribution in [0.1, 0.15) is 36.0 Å². The number of nitrogens with zero attached hydrogens (tertiary/aromatic N) is 3. The molecule has 1 fully saturated rings. The van der Waals surface area contributed by atoms with Gasteiger partial charge in [0.1, 0.15) is 0 Å². The van der Waals surface area contributed by atoms with Crippen LogP contribution in [0, 0.1) is 0 Å². The quantitative estimate of drug-likeness (QED) is 0.144. The minimum absolute atomic E-state index is 0. The molecule has 0 radical (unpaired) electrons. The van der Waals surface area contributed by atoms with E-state index in [2.05, 4.69) is 19.6 Å². The Morgan fingerprint density at radius 2 is 1.63 bits per heavy atom. The van der Waals surface area contributed by atoms with Gasteiger partial charge in [0.25, 0.3) is 0 Å². The summed E-state index contributed by atoms with van der Waals surface area (Å²) >= 11 is 0. The number of benzene rings is 3. The fraction of sp³-hybridized carbons (Fsp3) is 0.290. The minimum atomic E-state index is -2.20. The van der Waals surface area contributed by atoms with Crippen LogP contribution in [0.15, 0.2) is 94.9 Å². The predicted molar refractivity (Wildman–Crippen MR) is 146 cm³/mol. The zero-order chi connectivity index (χ0) is 28.5. The van der Waals surface area contributed by atoms with E-state index in [1.54, 1.807) is 54.6 Å². The summed E-state index contributed by atoms with van der Waals surface area (Å²) in [5.41, 5.74) is 2.53. The second-order valence-electron chi connectivity index (χ2n) is 9.49. The molecule has 0 aromatic heterocycles. The van der Waals surface area contributed by atoms with Gasteiger partial charge in [0, 0.05) is 30.1 Å². The molecule has 0 N–H and O–H groups in total. The van der Waals surface area contributed by atoms with Crippen molar-refractivity contribution in [3.63, 3.8) is 0 Å². The van der Waals surface area contributed by atoms with E-state index in [9.17, 15) is 24.2 Å². The number of methoxy groups -OCH3 is 1. The van der Waals surface area contributed by atoms with Gasteiger partial charge in [0.15, 0.2) is 6.17 Å².